The Bertz CT molecular complexity index is 750. The Hall–Kier alpha value is -2.12. The van der Waals surface area contributed by atoms with Crippen LogP contribution in [0.15, 0.2) is 18.2 Å². The van der Waals surface area contributed by atoms with Gasteiger partial charge in [0.1, 0.15) is 0 Å². The average molecular weight is 402 g/mol. The number of hydrogen-bond acceptors (Lipinski definition) is 5. The fourth-order valence-electron chi connectivity index (χ4n) is 4.05. The van der Waals surface area contributed by atoms with Gasteiger partial charge in [-0.25, -0.2) is 0 Å². The third-order valence-electron chi connectivity index (χ3n) is 5.75. The average Bonchev–Trinajstić information content (AvgIpc) is 3.02. The second-order valence-corrected chi connectivity index (χ2v) is 9.33. The number of fused-ring (bicyclic) bond motifs is 1. The first-order chi connectivity index (χ1) is 13.6. The molecular weight excluding hydrogens is 366 g/mol. The summed E-state index contributed by atoms with van der Waals surface area (Å²) in [6, 6.07) is 6.70. The number of piperazine rings is 1. The fraction of sp³-hybridized carbons (Fsp3) is 0.636. The van der Waals surface area contributed by atoms with E-state index in [1.807, 2.05) is 20.8 Å². The van der Waals surface area contributed by atoms with Crippen molar-refractivity contribution in [1.29, 1.82) is 0 Å². The molecule has 0 saturated carbocycles. The maximum Gasteiger partial charge on any atom is 0.309 e. The minimum absolute atomic E-state index is 0.0614. The normalized spacial score (nSPS) is 19.0. The zero-order chi connectivity index (χ0) is 21.2. The van der Waals surface area contributed by atoms with Gasteiger partial charge in [0.15, 0.2) is 0 Å². The van der Waals surface area contributed by atoms with Gasteiger partial charge in [-0.15, -0.1) is 0 Å². The predicted octanol–water partition coefficient (Wildman–Crippen LogP) is 0.998. The molecule has 1 aromatic rings. The van der Waals surface area contributed by atoms with E-state index < -0.39 is 17.4 Å². The Labute approximate surface area is 174 Å². The molecule has 0 aliphatic carbocycles. The van der Waals surface area contributed by atoms with Gasteiger partial charge in [-0.05, 0) is 51.4 Å². The van der Waals surface area contributed by atoms with E-state index in [0.29, 0.717) is 6.54 Å². The van der Waals surface area contributed by atoms with Crippen molar-refractivity contribution in [3.05, 3.63) is 29.3 Å². The molecule has 2 aliphatic heterocycles. The van der Waals surface area contributed by atoms with E-state index in [0.717, 1.165) is 39.1 Å². The fourth-order valence-corrected chi connectivity index (χ4v) is 4.05. The highest BCUT2D eigenvalue weighted by atomic mass is 16.2. The Morgan fingerprint density at radius 3 is 2.38 bits per heavy atom. The van der Waals surface area contributed by atoms with Crippen molar-refractivity contribution in [3.63, 3.8) is 0 Å². The zero-order valence-corrected chi connectivity index (χ0v) is 18.4. The van der Waals surface area contributed by atoms with Crippen LogP contribution in [0.4, 0.5) is 5.69 Å². The van der Waals surface area contributed by atoms with Gasteiger partial charge in [0.2, 0.25) is 0 Å². The van der Waals surface area contributed by atoms with Crippen molar-refractivity contribution < 1.29 is 9.59 Å². The first-order valence-corrected chi connectivity index (χ1v) is 10.5. The highest BCUT2D eigenvalue weighted by Gasteiger charge is 2.27. The van der Waals surface area contributed by atoms with Gasteiger partial charge in [0, 0.05) is 57.5 Å². The van der Waals surface area contributed by atoms with Crippen LogP contribution < -0.4 is 15.5 Å². The number of benzene rings is 1. The molecule has 2 amide bonds. The molecule has 1 aromatic carbocycles. The van der Waals surface area contributed by atoms with Gasteiger partial charge >= 0.3 is 11.8 Å². The third kappa shape index (κ3) is 5.48. The molecule has 2 N–H and O–H groups in total. The van der Waals surface area contributed by atoms with E-state index in [4.69, 9.17) is 0 Å². The molecule has 1 atom stereocenters. The van der Waals surface area contributed by atoms with Crippen molar-refractivity contribution in [3.8, 4) is 0 Å². The van der Waals surface area contributed by atoms with Gasteiger partial charge in [0.25, 0.3) is 0 Å². The molecule has 1 fully saturated rings. The molecule has 0 spiro atoms. The number of nitrogens with one attached hydrogen (secondary N) is 2. The van der Waals surface area contributed by atoms with Crippen LogP contribution in [-0.2, 0) is 16.0 Å². The smallest absolute Gasteiger partial charge is 0.309 e. The van der Waals surface area contributed by atoms with Gasteiger partial charge in [0.05, 0.1) is 6.04 Å². The largest absolute Gasteiger partial charge is 0.374 e. The summed E-state index contributed by atoms with van der Waals surface area (Å²) in [7, 11) is 4.26. The lowest BCUT2D eigenvalue weighted by molar-refractivity contribution is -0.140. The van der Waals surface area contributed by atoms with E-state index in [1.165, 1.54) is 16.8 Å². The minimum Gasteiger partial charge on any atom is -0.374 e. The number of carbonyl (C=O) groups excluding carboxylic acids is 2. The van der Waals surface area contributed by atoms with Gasteiger partial charge in [-0.2, -0.15) is 0 Å². The quantitative estimate of drug-likeness (QED) is 0.737. The van der Waals surface area contributed by atoms with Crippen LogP contribution >= 0.6 is 0 Å². The second-order valence-electron chi connectivity index (χ2n) is 9.33. The number of amides is 2. The topological polar surface area (TPSA) is 67.9 Å². The number of nitrogens with zero attached hydrogens (tertiary/aromatic N) is 3. The molecular formula is C22H35N5O2. The van der Waals surface area contributed by atoms with Gasteiger partial charge < -0.3 is 20.4 Å². The van der Waals surface area contributed by atoms with E-state index in [9.17, 15) is 9.59 Å². The number of rotatable bonds is 4. The summed E-state index contributed by atoms with van der Waals surface area (Å²) >= 11 is 0. The number of likely N-dealkylation sites (N-methyl/N-ethyl adjacent to an activating group) is 2. The molecule has 0 radical (unpaired) electrons. The van der Waals surface area contributed by atoms with Gasteiger partial charge in [-0.1, -0.05) is 12.1 Å². The van der Waals surface area contributed by atoms with Gasteiger partial charge in [-0.3, -0.25) is 14.5 Å². The molecule has 2 aliphatic rings. The van der Waals surface area contributed by atoms with Crippen LogP contribution in [0, 0.1) is 0 Å². The Morgan fingerprint density at radius 1 is 1.03 bits per heavy atom. The van der Waals surface area contributed by atoms with Crippen LogP contribution in [0.5, 0.6) is 0 Å². The number of carbonyl (C=O) groups is 2. The zero-order valence-electron chi connectivity index (χ0n) is 18.4. The van der Waals surface area contributed by atoms with Crippen molar-refractivity contribution in [2.75, 3.05) is 58.3 Å². The summed E-state index contributed by atoms with van der Waals surface area (Å²) in [6.45, 7) is 11.0. The van der Waals surface area contributed by atoms with Crippen molar-refractivity contribution in [2.45, 2.75) is 38.8 Å². The summed E-state index contributed by atoms with van der Waals surface area (Å²) in [5.74, 6) is -1.15. The number of hydrogen-bond donors (Lipinski definition) is 2. The first kappa shape index (κ1) is 21.6. The highest BCUT2D eigenvalue weighted by Crippen LogP contribution is 2.31. The first-order valence-electron chi connectivity index (χ1n) is 10.5. The monoisotopic (exact) mass is 401 g/mol. The van der Waals surface area contributed by atoms with E-state index >= 15 is 0 Å². The Morgan fingerprint density at radius 2 is 1.72 bits per heavy atom. The van der Waals surface area contributed by atoms with Crippen LogP contribution in [0.1, 0.15) is 37.9 Å². The molecule has 1 saturated heterocycles. The van der Waals surface area contributed by atoms with Crippen LogP contribution in [-0.4, -0.2) is 80.5 Å². The summed E-state index contributed by atoms with van der Waals surface area (Å²) in [5.41, 5.74) is 3.43. The van der Waals surface area contributed by atoms with Crippen molar-refractivity contribution in [1.82, 2.24) is 20.4 Å². The summed E-state index contributed by atoms with van der Waals surface area (Å²) < 4.78 is 0. The molecule has 160 valence electrons. The molecule has 0 bridgehead atoms. The maximum atomic E-state index is 12.4. The lowest BCUT2D eigenvalue weighted by Crippen LogP contribution is -2.51. The lowest BCUT2D eigenvalue weighted by atomic mass is 10.00. The highest BCUT2D eigenvalue weighted by molar-refractivity contribution is 6.35. The SMILES string of the molecule is CN1CCN([C@@H](CNC(=O)C(=O)NC(C)(C)C)c2ccc3c(c2)CCN3C)CC1. The van der Waals surface area contributed by atoms with Crippen LogP contribution in [0.2, 0.25) is 0 Å². The minimum atomic E-state index is -0.579. The molecule has 3 rings (SSSR count). The summed E-state index contributed by atoms with van der Waals surface area (Å²) in [5, 5.41) is 5.60. The van der Waals surface area contributed by atoms with Crippen LogP contribution in [0.25, 0.3) is 0 Å². The van der Waals surface area contributed by atoms with E-state index in [2.05, 4.69) is 57.6 Å². The molecule has 0 aromatic heterocycles. The van der Waals surface area contributed by atoms with Crippen LogP contribution in [0.3, 0.4) is 0 Å². The Balaban J connectivity index is 1.74. The lowest BCUT2D eigenvalue weighted by Gasteiger charge is -2.38. The number of anilines is 1. The molecule has 7 nitrogen and oxygen atoms in total. The molecule has 0 unspecified atom stereocenters. The summed E-state index contributed by atoms with van der Waals surface area (Å²) in [6.07, 6.45) is 1.05. The third-order valence-corrected chi connectivity index (χ3v) is 5.75. The van der Waals surface area contributed by atoms with E-state index in [-0.39, 0.29) is 6.04 Å². The summed E-state index contributed by atoms with van der Waals surface area (Å²) in [4.78, 5) is 31.6. The second kappa shape index (κ2) is 8.71. The van der Waals surface area contributed by atoms with Crippen molar-refractivity contribution in [2.24, 2.45) is 0 Å². The molecule has 7 heteroatoms. The molecule has 29 heavy (non-hydrogen) atoms. The van der Waals surface area contributed by atoms with E-state index in [1.54, 1.807) is 0 Å². The molecule has 2 heterocycles. The maximum absolute atomic E-state index is 12.4. The predicted molar refractivity (Wildman–Crippen MR) is 116 cm³/mol. The Kier molecular flexibility index (Phi) is 6.49. The standard InChI is InChI=1S/C22H35N5O2/c1-22(2,3)24-21(29)20(28)23-15-19(27-12-10-25(4)11-13-27)16-6-7-18-17(14-16)8-9-26(18)5/h6-7,14,19H,8-13,15H2,1-5H3,(H,23,28)(H,24,29)/t19-/m0/s1. The van der Waals surface area contributed by atoms with Crippen molar-refractivity contribution >= 4 is 17.5 Å².